The maximum absolute atomic E-state index is 14.0. The first-order valence-electron chi connectivity index (χ1n) is 6.38. The number of non-ortho nitro benzene ring substituents is 1. The van der Waals surface area contributed by atoms with E-state index in [0.29, 0.717) is 26.1 Å². The van der Waals surface area contributed by atoms with E-state index in [-0.39, 0.29) is 5.69 Å². The van der Waals surface area contributed by atoms with Crippen LogP contribution < -0.4 is 4.90 Å². The van der Waals surface area contributed by atoms with Gasteiger partial charge in [-0.25, -0.2) is 8.78 Å². The summed E-state index contributed by atoms with van der Waals surface area (Å²) in [5, 5.41) is 10.6. The summed E-state index contributed by atoms with van der Waals surface area (Å²) in [5.41, 5.74) is -1.28. The van der Waals surface area contributed by atoms with Gasteiger partial charge in [-0.1, -0.05) is 6.92 Å². The SMILES string of the molecule is CCC1(C)CN(c2c(F)cc([N+](=O)[O-])cc2F)CCO1. The Hall–Kier alpha value is -1.76. The van der Waals surface area contributed by atoms with Crippen molar-refractivity contribution in [1.29, 1.82) is 0 Å². The molecule has 0 N–H and O–H groups in total. The van der Waals surface area contributed by atoms with Crippen molar-refractivity contribution in [2.24, 2.45) is 0 Å². The third kappa shape index (κ3) is 2.72. The summed E-state index contributed by atoms with van der Waals surface area (Å²) in [4.78, 5) is 11.3. The maximum atomic E-state index is 14.0. The van der Waals surface area contributed by atoms with Crippen molar-refractivity contribution in [3.05, 3.63) is 33.9 Å². The van der Waals surface area contributed by atoms with Crippen LogP contribution in [0.3, 0.4) is 0 Å². The van der Waals surface area contributed by atoms with Crippen LogP contribution in [0.2, 0.25) is 0 Å². The lowest BCUT2D eigenvalue weighted by Crippen LogP contribution is -2.50. The van der Waals surface area contributed by atoms with E-state index in [1.807, 2.05) is 13.8 Å². The molecular weight excluding hydrogens is 270 g/mol. The summed E-state index contributed by atoms with van der Waals surface area (Å²) in [6.07, 6.45) is 0.708. The van der Waals surface area contributed by atoms with Crippen LogP contribution in [-0.4, -0.2) is 30.2 Å². The van der Waals surface area contributed by atoms with E-state index in [1.165, 1.54) is 0 Å². The van der Waals surface area contributed by atoms with Crippen LogP contribution in [0.5, 0.6) is 0 Å². The molecule has 0 saturated carbocycles. The summed E-state index contributed by atoms with van der Waals surface area (Å²) >= 11 is 0. The number of ether oxygens (including phenoxy) is 1. The molecule has 2 rings (SSSR count). The van der Waals surface area contributed by atoms with Gasteiger partial charge in [0.2, 0.25) is 0 Å². The molecule has 110 valence electrons. The average molecular weight is 286 g/mol. The molecule has 1 heterocycles. The zero-order chi connectivity index (χ0) is 14.9. The first kappa shape index (κ1) is 14.6. The highest BCUT2D eigenvalue weighted by molar-refractivity contribution is 5.54. The van der Waals surface area contributed by atoms with E-state index in [2.05, 4.69) is 0 Å². The molecule has 1 atom stereocenters. The normalized spacial score (nSPS) is 22.9. The minimum atomic E-state index is -0.919. The van der Waals surface area contributed by atoms with Crippen molar-refractivity contribution in [2.75, 3.05) is 24.6 Å². The number of morpholine rings is 1. The quantitative estimate of drug-likeness (QED) is 0.633. The van der Waals surface area contributed by atoms with E-state index in [9.17, 15) is 18.9 Å². The number of rotatable bonds is 3. The van der Waals surface area contributed by atoms with Gasteiger partial charge in [0.15, 0.2) is 11.6 Å². The van der Waals surface area contributed by atoms with E-state index in [1.54, 1.807) is 4.90 Å². The minimum Gasteiger partial charge on any atom is -0.372 e. The number of anilines is 1. The highest BCUT2D eigenvalue weighted by Crippen LogP contribution is 2.32. The molecule has 1 unspecified atom stereocenters. The molecule has 5 nitrogen and oxygen atoms in total. The van der Waals surface area contributed by atoms with Gasteiger partial charge in [-0.2, -0.15) is 0 Å². The van der Waals surface area contributed by atoms with E-state index >= 15 is 0 Å². The molecule has 0 bridgehead atoms. The van der Waals surface area contributed by atoms with E-state index < -0.39 is 27.8 Å². The van der Waals surface area contributed by atoms with E-state index in [0.717, 1.165) is 12.1 Å². The Morgan fingerprint density at radius 2 is 2.05 bits per heavy atom. The average Bonchev–Trinajstić information content (AvgIpc) is 2.38. The summed E-state index contributed by atoms with van der Waals surface area (Å²) in [5.74, 6) is -1.84. The Labute approximate surface area is 115 Å². The van der Waals surface area contributed by atoms with Gasteiger partial charge in [-0.3, -0.25) is 10.1 Å². The number of nitro groups is 1. The fraction of sp³-hybridized carbons (Fsp3) is 0.538. The van der Waals surface area contributed by atoms with Crippen LogP contribution >= 0.6 is 0 Å². The molecule has 1 aromatic rings. The van der Waals surface area contributed by atoms with Crippen molar-refractivity contribution in [1.82, 2.24) is 0 Å². The number of nitro benzene ring substituents is 1. The highest BCUT2D eigenvalue weighted by Gasteiger charge is 2.33. The number of halogens is 2. The predicted molar refractivity (Wildman–Crippen MR) is 69.9 cm³/mol. The van der Waals surface area contributed by atoms with Gasteiger partial charge in [0, 0.05) is 13.1 Å². The molecule has 0 radical (unpaired) electrons. The second-order valence-electron chi connectivity index (χ2n) is 5.09. The van der Waals surface area contributed by atoms with Crippen LogP contribution in [0, 0.1) is 21.7 Å². The van der Waals surface area contributed by atoms with Crippen LogP contribution in [0.15, 0.2) is 12.1 Å². The van der Waals surface area contributed by atoms with Crippen LogP contribution in [-0.2, 0) is 4.74 Å². The number of nitrogens with zero attached hydrogens (tertiary/aromatic N) is 2. The molecule has 1 aliphatic rings. The topological polar surface area (TPSA) is 55.6 Å². The van der Waals surface area contributed by atoms with Gasteiger partial charge in [0.25, 0.3) is 5.69 Å². The van der Waals surface area contributed by atoms with Gasteiger partial charge in [0.05, 0.1) is 29.3 Å². The summed E-state index contributed by atoms with van der Waals surface area (Å²) in [6, 6.07) is 1.49. The monoisotopic (exact) mass is 286 g/mol. The second kappa shape index (κ2) is 5.32. The third-order valence-corrected chi connectivity index (χ3v) is 3.61. The second-order valence-corrected chi connectivity index (χ2v) is 5.09. The zero-order valence-corrected chi connectivity index (χ0v) is 11.4. The Bertz CT molecular complexity index is 515. The van der Waals surface area contributed by atoms with Crippen molar-refractivity contribution in [2.45, 2.75) is 25.9 Å². The predicted octanol–water partition coefficient (Wildman–Crippen LogP) is 2.88. The molecule has 1 fully saturated rings. The molecule has 20 heavy (non-hydrogen) atoms. The molecule has 0 amide bonds. The summed E-state index contributed by atoms with van der Waals surface area (Å²) < 4.78 is 33.6. The molecule has 0 aromatic heterocycles. The van der Waals surface area contributed by atoms with Crippen molar-refractivity contribution in [3.63, 3.8) is 0 Å². The first-order valence-corrected chi connectivity index (χ1v) is 6.38. The molecule has 7 heteroatoms. The Morgan fingerprint density at radius 3 is 2.55 bits per heavy atom. The number of benzene rings is 1. The third-order valence-electron chi connectivity index (χ3n) is 3.61. The number of hydrogen-bond acceptors (Lipinski definition) is 4. The van der Waals surface area contributed by atoms with Crippen molar-refractivity contribution in [3.8, 4) is 0 Å². The molecule has 1 aliphatic heterocycles. The van der Waals surface area contributed by atoms with Crippen LogP contribution in [0.1, 0.15) is 20.3 Å². The molecule has 0 spiro atoms. The number of hydrogen-bond donors (Lipinski definition) is 0. The minimum absolute atomic E-state index is 0.224. The smallest absolute Gasteiger partial charge is 0.275 e. The Kier molecular flexibility index (Phi) is 3.89. The van der Waals surface area contributed by atoms with Gasteiger partial charge < -0.3 is 9.64 Å². The molecule has 1 saturated heterocycles. The molecule has 0 aliphatic carbocycles. The molecule has 1 aromatic carbocycles. The lowest BCUT2D eigenvalue weighted by Gasteiger charge is -2.41. The van der Waals surface area contributed by atoms with Crippen molar-refractivity contribution >= 4 is 11.4 Å². The maximum Gasteiger partial charge on any atom is 0.275 e. The fourth-order valence-electron chi connectivity index (χ4n) is 2.30. The van der Waals surface area contributed by atoms with Crippen LogP contribution in [0.4, 0.5) is 20.2 Å². The van der Waals surface area contributed by atoms with Gasteiger partial charge in [-0.15, -0.1) is 0 Å². The lowest BCUT2D eigenvalue weighted by atomic mass is 10.0. The Balaban J connectivity index is 2.35. The Morgan fingerprint density at radius 1 is 1.45 bits per heavy atom. The fourth-order valence-corrected chi connectivity index (χ4v) is 2.30. The van der Waals surface area contributed by atoms with Gasteiger partial charge in [0.1, 0.15) is 5.69 Å². The highest BCUT2D eigenvalue weighted by atomic mass is 19.1. The van der Waals surface area contributed by atoms with Gasteiger partial charge >= 0.3 is 0 Å². The lowest BCUT2D eigenvalue weighted by molar-refractivity contribution is -0.385. The summed E-state index contributed by atoms with van der Waals surface area (Å²) in [6.45, 7) is 4.86. The van der Waals surface area contributed by atoms with Gasteiger partial charge in [-0.05, 0) is 13.3 Å². The standard InChI is InChI=1S/C13H16F2N2O3/c1-3-13(2)8-16(4-5-20-13)12-10(14)6-9(17(18)19)7-11(12)15/h6-7H,3-5,8H2,1-2H3. The van der Waals surface area contributed by atoms with Crippen LogP contribution in [0.25, 0.3) is 0 Å². The largest absolute Gasteiger partial charge is 0.372 e. The first-order chi connectivity index (χ1) is 9.36. The molecular formula is C13H16F2N2O3. The zero-order valence-electron chi connectivity index (χ0n) is 11.4. The summed E-state index contributed by atoms with van der Waals surface area (Å²) in [7, 11) is 0. The van der Waals surface area contributed by atoms with Crippen molar-refractivity contribution < 1.29 is 18.4 Å². The van der Waals surface area contributed by atoms with E-state index in [4.69, 9.17) is 4.74 Å².